The number of nitrogens with two attached hydrogens (primary N) is 1. The van der Waals surface area contributed by atoms with Gasteiger partial charge in [-0.1, -0.05) is 12.1 Å². The van der Waals surface area contributed by atoms with E-state index in [1.54, 1.807) is 7.11 Å². The van der Waals surface area contributed by atoms with Gasteiger partial charge in [0.1, 0.15) is 5.75 Å². The van der Waals surface area contributed by atoms with Crippen LogP contribution in [0, 0.1) is 11.3 Å². The summed E-state index contributed by atoms with van der Waals surface area (Å²) in [5.74, 6) is 1.44. The average Bonchev–Trinajstić information content (AvgIpc) is 3.15. The van der Waals surface area contributed by atoms with Gasteiger partial charge < -0.3 is 25.4 Å². The Morgan fingerprint density at radius 1 is 1.40 bits per heavy atom. The summed E-state index contributed by atoms with van der Waals surface area (Å²) in [6, 6.07) is 8.09. The lowest BCUT2D eigenvalue weighted by atomic mass is 9.79. The summed E-state index contributed by atoms with van der Waals surface area (Å²) in [5.41, 5.74) is 6.60. The molecule has 0 aromatic heterocycles. The summed E-state index contributed by atoms with van der Waals surface area (Å²) >= 11 is 0. The number of nitrogens with zero attached hydrogens (tertiary/aromatic N) is 1. The fraction of sp³-hybridized carbons (Fsp3) is 0.632. The summed E-state index contributed by atoms with van der Waals surface area (Å²) in [6.45, 7) is 4.24. The first-order valence-corrected chi connectivity index (χ1v) is 9.12. The van der Waals surface area contributed by atoms with E-state index in [9.17, 15) is 4.79 Å². The fourth-order valence-electron chi connectivity index (χ4n) is 3.82. The Balaban J connectivity index is 1.54. The molecule has 0 saturated carbocycles. The predicted octanol–water partition coefficient (Wildman–Crippen LogP) is 1.39. The number of hydrogen-bond acceptors (Lipinski definition) is 5. The molecule has 2 aliphatic rings. The first-order chi connectivity index (χ1) is 12.2. The van der Waals surface area contributed by atoms with Crippen molar-refractivity contribution in [1.82, 2.24) is 5.32 Å². The largest absolute Gasteiger partial charge is 0.495 e. The fourth-order valence-corrected chi connectivity index (χ4v) is 3.82. The minimum absolute atomic E-state index is 0.0917. The molecule has 138 valence electrons. The van der Waals surface area contributed by atoms with E-state index >= 15 is 0 Å². The number of hydrogen-bond donors (Lipinski definition) is 2. The van der Waals surface area contributed by atoms with Gasteiger partial charge in [0.15, 0.2) is 0 Å². The number of anilines is 1. The van der Waals surface area contributed by atoms with Crippen molar-refractivity contribution in [3.63, 3.8) is 0 Å². The Kier molecular flexibility index (Phi) is 5.81. The molecule has 2 heterocycles. The van der Waals surface area contributed by atoms with Gasteiger partial charge in [-0.15, -0.1) is 0 Å². The van der Waals surface area contributed by atoms with Gasteiger partial charge >= 0.3 is 0 Å². The quantitative estimate of drug-likeness (QED) is 0.813. The van der Waals surface area contributed by atoms with Crippen molar-refractivity contribution >= 4 is 11.6 Å². The van der Waals surface area contributed by atoms with E-state index in [1.807, 2.05) is 18.2 Å². The van der Waals surface area contributed by atoms with Crippen LogP contribution in [-0.4, -0.2) is 52.4 Å². The molecule has 0 bridgehead atoms. The van der Waals surface area contributed by atoms with Crippen molar-refractivity contribution < 1.29 is 14.3 Å². The monoisotopic (exact) mass is 347 g/mol. The molecule has 3 N–H and O–H groups in total. The van der Waals surface area contributed by atoms with Gasteiger partial charge in [0.2, 0.25) is 5.91 Å². The van der Waals surface area contributed by atoms with Crippen LogP contribution in [0.1, 0.15) is 19.3 Å². The number of benzene rings is 1. The van der Waals surface area contributed by atoms with Crippen LogP contribution in [0.2, 0.25) is 0 Å². The van der Waals surface area contributed by atoms with E-state index < -0.39 is 5.41 Å². The third-order valence-electron chi connectivity index (χ3n) is 5.59. The molecule has 1 aromatic carbocycles. The van der Waals surface area contributed by atoms with Crippen molar-refractivity contribution in [2.24, 2.45) is 17.1 Å². The summed E-state index contributed by atoms with van der Waals surface area (Å²) in [5, 5.41) is 3.15. The number of carbonyl (C=O) groups is 1. The van der Waals surface area contributed by atoms with Gasteiger partial charge in [0.05, 0.1) is 18.2 Å². The Labute approximate surface area is 149 Å². The van der Waals surface area contributed by atoms with Crippen molar-refractivity contribution in [1.29, 1.82) is 0 Å². The molecule has 1 amide bonds. The van der Waals surface area contributed by atoms with Crippen LogP contribution in [0.15, 0.2) is 24.3 Å². The lowest BCUT2D eigenvalue weighted by Crippen LogP contribution is -2.50. The summed E-state index contributed by atoms with van der Waals surface area (Å²) in [7, 11) is 1.70. The zero-order valence-corrected chi connectivity index (χ0v) is 15.0. The van der Waals surface area contributed by atoms with Crippen LogP contribution in [-0.2, 0) is 9.53 Å². The second-order valence-electron chi connectivity index (χ2n) is 7.08. The van der Waals surface area contributed by atoms with Gasteiger partial charge in [-0.05, 0) is 37.3 Å². The van der Waals surface area contributed by atoms with Gasteiger partial charge in [-0.25, -0.2) is 0 Å². The number of amides is 1. The van der Waals surface area contributed by atoms with Crippen LogP contribution >= 0.6 is 0 Å². The second kappa shape index (κ2) is 8.06. The number of methoxy groups -OCH3 is 1. The van der Waals surface area contributed by atoms with Gasteiger partial charge in [-0.2, -0.15) is 0 Å². The maximum absolute atomic E-state index is 12.7. The Hall–Kier alpha value is -1.79. The third kappa shape index (κ3) is 3.90. The van der Waals surface area contributed by atoms with Crippen LogP contribution < -0.4 is 20.7 Å². The van der Waals surface area contributed by atoms with E-state index in [4.69, 9.17) is 15.2 Å². The minimum Gasteiger partial charge on any atom is -0.495 e. The van der Waals surface area contributed by atoms with Crippen LogP contribution in [0.5, 0.6) is 5.75 Å². The zero-order valence-electron chi connectivity index (χ0n) is 15.0. The number of ether oxygens (including phenoxy) is 2. The van der Waals surface area contributed by atoms with Gasteiger partial charge in [0, 0.05) is 39.4 Å². The van der Waals surface area contributed by atoms with E-state index in [1.165, 1.54) is 0 Å². The molecule has 0 radical (unpaired) electrons. The molecule has 1 aromatic rings. The number of nitrogens with one attached hydrogen (secondary N) is 1. The van der Waals surface area contributed by atoms with E-state index in [0.717, 1.165) is 30.9 Å². The SMILES string of the molecule is COc1ccccc1N1CCC(CNC(=O)C2(CN)CCOCC2)C1. The number of para-hydroxylation sites is 2. The normalized spacial score (nSPS) is 22.6. The molecule has 1 unspecified atom stereocenters. The van der Waals surface area contributed by atoms with Crippen LogP contribution in [0.4, 0.5) is 5.69 Å². The highest BCUT2D eigenvalue weighted by molar-refractivity contribution is 5.83. The highest BCUT2D eigenvalue weighted by atomic mass is 16.5. The maximum Gasteiger partial charge on any atom is 0.227 e. The smallest absolute Gasteiger partial charge is 0.227 e. The first kappa shape index (κ1) is 18.0. The van der Waals surface area contributed by atoms with Crippen LogP contribution in [0.25, 0.3) is 0 Å². The van der Waals surface area contributed by atoms with Crippen molar-refractivity contribution in [2.45, 2.75) is 19.3 Å². The molecular formula is C19H29N3O3. The standard InChI is InChI=1S/C19H29N3O3/c1-24-17-5-3-2-4-16(17)22-9-6-15(13-22)12-21-18(23)19(14-20)7-10-25-11-8-19/h2-5,15H,6-14,20H2,1H3,(H,21,23). The number of carbonyl (C=O) groups excluding carboxylic acids is 1. The maximum atomic E-state index is 12.7. The molecule has 1 atom stereocenters. The summed E-state index contributed by atoms with van der Waals surface area (Å²) < 4.78 is 10.8. The Morgan fingerprint density at radius 2 is 2.16 bits per heavy atom. The molecule has 25 heavy (non-hydrogen) atoms. The summed E-state index contributed by atoms with van der Waals surface area (Å²) in [4.78, 5) is 15.0. The van der Waals surface area contributed by atoms with E-state index in [2.05, 4.69) is 16.3 Å². The Bertz CT molecular complexity index is 587. The topological polar surface area (TPSA) is 76.8 Å². The van der Waals surface area contributed by atoms with Crippen molar-refractivity contribution in [3.05, 3.63) is 24.3 Å². The molecule has 3 rings (SSSR count). The lowest BCUT2D eigenvalue weighted by Gasteiger charge is -2.34. The third-order valence-corrected chi connectivity index (χ3v) is 5.59. The number of rotatable bonds is 6. The minimum atomic E-state index is -0.445. The van der Waals surface area contributed by atoms with E-state index in [-0.39, 0.29) is 5.91 Å². The first-order valence-electron chi connectivity index (χ1n) is 9.12. The predicted molar refractivity (Wildman–Crippen MR) is 97.9 cm³/mol. The second-order valence-corrected chi connectivity index (χ2v) is 7.08. The average molecular weight is 347 g/mol. The molecule has 2 aliphatic heterocycles. The van der Waals surface area contributed by atoms with Crippen molar-refractivity contribution in [3.8, 4) is 5.75 Å². The molecule has 0 spiro atoms. The van der Waals surface area contributed by atoms with Gasteiger partial charge in [0.25, 0.3) is 0 Å². The molecule has 6 nitrogen and oxygen atoms in total. The molecule has 2 saturated heterocycles. The Morgan fingerprint density at radius 3 is 2.88 bits per heavy atom. The molecule has 0 aliphatic carbocycles. The van der Waals surface area contributed by atoms with Crippen LogP contribution in [0.3, 0.4) is 0 Å². The van der Waals surface area contributed by atoms with Crippen molar-refractivity contribution in [2.75, 3.05) is 51.4 Å². The van der Waals surface area contributed by atoms with Gasteiger partial charge in [-0.3, -0.25) is 4.79 Å². The molecular weight excluding hydrogens is 318 g/mol. The lowest BCUT2D eigenvalue weighted by molar-refractivity contribution is -0.136. The molecule has 2 fully saturated rings. The summed E-state index contributed by atoms with van der Waals surface area (Å²) in [6.07, 6.45) is 2.50. The zero-order chi connectivity index (χ0) is 17.7. The molecule has 6 heteroatoms. The highest BCUT2D eigenvalue weighted by Crippen LogP contribution is 2.32. The van der Waals surface area contributed by atoms with E-state index in [0.29, 0.717) is 45.1 Å². The highest BCUT2D eigenvalue weighted by Gasteiger charge is 2.39.